The van der Waals surface area contributed by atoms with E-state index in [-0.39, 0.29) is 12.1 Å². The molecule has 0 aliphatic carbocycles. The van der Waals surface area contributed by atoms with E-state index in [1.807, 2.05) is 0 Å². The van der Waals surface area contributed by atoms with Crippen LogP contribution in [0.1, 0.15) is 18.1 Å². The van der Waals surface area contributed by atoms with Gasteiger partial charge in [-0.1, -0.05) is 6.92 Å². The molecule has 1 aromatic rings. The van der Waals surface area contributed by atoms with Gasteiger partial charge in [-0.3, -0.25) is 4.98 Å². The van der Waals surface area contributed by atoms with Gasteiger partial charge in [0.25, 0.3) is 0 Å². The summed E-state index contributed by atoms with van der Waals surface area (Å²) in [6.45, 7) is 0.963. The number of hydrogen-bond donors (Lipinski definition) is 2. The molecule has 6 heteroatoms. The van der Waals surface area contributed by atoms with Gasteiger partial charge in [0.1, 0.15) is 0 Å². The fourth-order valence-corrected chi connectivity index (χ4v) is 1.41. The second kappa shape index (κ2) is 4.39. The smallest absolute Gasteiger partial charge is 0.395 e. The Morgan fingerprint density at radius 2 is 2.00 bits per heavy atom. The van der Waals surface area contributed by atoms with Gasteiger partial charge >= 0.3 is 6.18 Å². The van der Waals surface area contributed by atoms with E-state index in [0.29, 0.717) is 0 Å². The first-order valence-electron chi connectivity index (χ1n) is 4.68. The fraction of sp³-hybridized carbons (Fsp3) is 0.500. The van der Waals surface area contributed by atoms with Crippen LogP contribution in [0.4, 0.5) is 13.2 Å². The maximum Gasteiger partial charge on any atom is 0.418 e. The number of hydrogen-bond acceptors (Lipinski definition) is 3. The summed E-state index contributed by atoms with van der Waals surface area (Å²) in [5.74, 6) is 0. The molecule has 0 aliphatic heterocycles. The molecule has 0 aromatic carbocycles. The molecule has 3 N–H and O–H groups in total. The minimum atomic E-state index is -4.49. The first kappa shape index (κ1) is 12.9. The van der Waals surface area contributed by atoms with Crippen molar-refractivity contribution in [3.05, 3.63) is 29.6 Å². The first-order chi connectivity index (χ1) is 7.35. The van der Waals surface area contributed by atoms with Gasteiger partial charge in [0.15, 0.2) is 0 Å². The van der Waals surface area contributed by atoms with Crippen LogP contribution in [0.3, 0.4) is 0 Å². The number of aromatic nitrogens is 1. The Kier molecular flexibility index (Phi) is 3.54. The van der Waals surface area contributed by atoms with Gasteiger partial charge in [0.05, 0.1) is 12.2 Å². The van der Waals surface area contributed by atoms with E-state index >= 15 is 0 Å². The zero-order valence-corrected chi connectivity index (χ0v) is 8.75. The number of nitrogens with zero attached hydrogens (tertiary/aromatic N) is 1. The van der Waals surface area contributed by atoms with Crippen molar-refractivity contribution in [1.82, 2.24) is 4.98 Å². The molecule has 0 amide bonds. The maximum absolute atomic E-state index is 12.7. The lowest BCUT2D eigenvalue weighted by molar-refractivity contribution is -0.139. The average molecular weight is 234 g/mol. The van der Waals surface area contributed by atoms with Crippen LogP contribution in [0.5, 0.6) is 0 Å². The summed E-state index contributed by atoms with van der Waals surface area (Å²) in [6, 6.07) is 1.24. The van der Waals surface area contributed by atoms with Crippen LogP contribution >= 0.6 is 0 Å². The predicted molar refractivity (Wildman–Crippen MR) is 52.7 cm³/mol. The number of halogens is 3. The molecule has 1 heterocycles. The Labute approximate surface area is 91.1 Å². The van der Waals surface area contributed by atoms with E-state index in [0.717, 1.165) is 6.20 Å². The molecule has 0 aliphatic rings. The SMILES string of the molecule is CC(CN)(CO)c1ccncc1C(F)(F)F. The summed E-state index contributed by atoms with van der Waals surface area (Å²) in [6.07, 6.45) is -2.48. The lowest BCUT2D eigenvalue weighted by Crippen LogP contribution is -2.37. The van der Waals surface area contributed by atoms with E-state index in [1.54, 1.807) is 0 Å². The van der Waals surface area contributed by atoms with Crippen LogP contribution in [0.15, 0.2) is 18.5 Å². The van der Waals surface area contributed by atoms with Gasteiger partial charge in [0, 0.05) is 24.4 Å². The van der Waals surface area contributed by atoms with E-state index in [9.17, 15) is 13.2 Å². The number of nitrogens with two attached hydrogens (primary N) is 1. The molecule has 0 radical (unpaired) electrons. The molecule has 1 aromatic heterocycles. The molecule has 90 valence electrons. The lowest BCUT2D eigenvalue weighted by Gasteiger charge is -2.28. The van der Waals surface area contributed by atoms with Gasteiger partial charge in [-0.05, 0) is 11.6 Å². The second-order valence-corrected chi connectivity index (χ2v) is 3.84. The van der Waals surface area contributed by atoms with Gasteiger partial charge < -0.3 is 10.8 Å². The maximum atomic E-state index is 12.7. The van der Waals surface area contributed by atoms with E-state index in [2.05, 4.69) is 4.98 Å². The number of pyridine rings is 1. The van der Waals surface area contributed by atoms with Crippen molar-refractivity contribution in [1.29, 1.82) is 0 Å². The lowest BCUT2D eigenvalue weighted by atomic mass is 9.81. The van der Waals surface area contributed by atoms with Gasteiger partial charge in [-0.25, -0.2) is 0 Å². The fourth-order valence-electron chi connectivity index (χ4n) is 1.41. The van der Waals surface area contributed by atoms with Crippen molar-refractivity contribution in [3.8, 4) is 0 Å². The molecule has 0 bridgehead atoms. The molecule has 1 unspecified atom stereocenters. The summed E-state index contributed by atoms with van der Waals surface area (Å²) in [5, 5.41) is 9.16. The summed E-state index contributed by atoms with van der Waals surface area (Å²) >= 11 is 0. The normalized spacial score (nSPS) is 15.9. The van der Waals surface area contributed by atoms with Gasteiger partial charge in [-0.15, -0.1) is 0 Å². The van der Waals surface area contributed by atoms with Crippen LogP contribution in [0.2, 0.25) is 0 Å². The Morgan fingerprint density at radius 3 is 2.44 bits per heavy atom. The third kappa shape index (κ3) is 2.33. The third-order valence-corrected chi connectivity index (χ3v) is 2.58. The monoisotopic (exact) mass is 234 g/mol. The van der Waals surface area contributed by atoms with Gasteiger partial charge in [-0.2, -0.15) is 13.2 Å². The highest BCUT2D eigenvalue weighted by atomic mass is 19.4. The molecule has 3 nitrogen and oxygen atoms in total. The van der Waals surface area contributed by atoms with E-state index in [4.69, 9.17) is 10.8 Å². The molecule has 1 atom stereocenters. The third-order valence-electron chi connectivity index (χ3n) is 2.58. The van der Waals surface area contributed by atoms with Crippen molar-refractivity contribution in [2.45, 2.75) is 18.5 Å². The molecular weight excluding hydrogens is 221 g/mol. The van der Waals surface area contributed by atoms with Crippen LogP contribution in [0, 0.1) is 0 Å². The van der Waals surface area contributed by atoms with E-state index in [1.165, 1.54) is 19.2 Å². The minimum absolute atomic E-state index is 0.0278. The molecule has 0 fully saturated rings. The molecule has 1 rings (SSSR count). The van der Waals surface area contributed by atoms with Crippen LogP contribution in [-0.4, -0.2) is 23.2 Å². The Bertz CT molecular complexity index is 361. The summed E-state index contributed by atoms with van der Waals surface area (Å²) in [7, 11) is 0. The molecule has 16 heavy (non-hydrogen) atoms. The second-order valence-electron chi connectivity index (χ2n) is 3.84. The zero-order valence-electron chi connectivity index (χ0n) is 8.75. The van der Waals surface area contributed by atoms with Crippen LogP contribution in [0.25, 0.3) is 0 Å². The molecule has 0 spiro atoms. The van der Waals surface area contributed by atoms with Crippen molar-refractivity contribution < 1.29 is 18.3 Å². The minimum Gasteiger partial charge on any atom is -0.395 e. The molecule has 0 saturated heterocycles. The number of aliphatic hydroxyl groups is 1. The van der Waals surface area contributed by atoms with Crippen molar-refractivity contribution in [2.75, 3.05) is 13.2 Å². The standard InChI is InChI=1S/C10H13F3N2O/c1-9(5-14,6-16)7-2-3-15-4-8(7)10(11,12)13/h2-4,16H,5-6,14H2,1H3. The number of rotatable bonds is 3. The van der Waals surface area contributed by atoms with Gasteiger partial charge in [0.2, 0.25) is 0 Å². The topological polar surface area (TPSA) is 59.1 Å². The summed E-state index contributed by atoms with van der Waals surface area (Å²) < 4.78 is 38.1. The number of aliphatic hydroxyl groups excluding tert-OH is 1. The van der Waals surface area contributed by atoms with Crippen molar-refractivity contribution in [3.63, 3.8) is 0 Å². The summed E-state index contributed by atoms with van der Waals surface area (Å²) in [4.78, 5) is 3.45. The molecule has 0 saturated carbocycles. The number of alkyl halides is 3. The van der Waals surface area contributed by atoms with Crippen molar-refractivity contribution in [2.24, 2.45) is 5.73 Å². The largest absolute Gasteiger partial charge is 0.418 e. The van der Waals surface area contributed by atoms with Crippen molar-refractivity contribution >= 4 is 0 Å². The Balaban J connectivity index is 3.34. The highest BCUT2D eigenvalue weighted by Crippen LogP contribution is 2.36. The predicted octanol–water partition coefficient (Wildman–Crippen LogP) is 1.31. The van der Waals surface area contributed by atoms with Crippen LogP contribution in [-0.2, 0) is 11.6 Å². The average Bonchev–Trinajstić information content (AvgIpc) is 2.27. The first-order valence-corrected chi connectivity index (χ1v) is 4.68. The zero-order chi connectivity index (χ0) is 12.4. The summed E-state index contributed by atoms with van der Waals surface area (Å²) in [5.41, 5.74) is 3.43. The van der Waals surface area contributed by atoms with E-state index < -0.39 is 23.8 Å². The Morgan fingerprint density at radius 1 is 1.38 bits per heavy atom. The Hall–Kier alpha value is -1.14. The van der Waals surface area contributed by atoms with Crippen LogP contribution < -0.4 is 5.73 Å². The molecular formula is C10H13F3N2O. The highest BCUT2D eigenvalue weighted by molar-refractivity contribution is 5.33. The quantitative estimate of drug-likeness (QED) is 0.829. The highest BCUT2D eigenvalue weighted by Gasteiger charge is 2.38.